The molecule has 6 heteroatoms. The molecular weight excluding hydrogens is 402 g/mol. The highest BCUT2D eigenvalue weighted by molar-refractivity contribution is 5.91. The van der Waals surface area contributed by atoms with Gasteiger partial charge in [-0.25, -0.2) is 5.01 Å². The lowest BCUT2D eigenvalue weighted by Crippen LogP contribution is -2.46. The summed E-state index contributed by atoms with van der Waals surface area (Å²) in [6.45, 7) is 0. The minimum atomic E-state index is -0.175. The molecule has 0 aliphatic carbocycles. The number of methoxy groups -OCH3 is 2. The summed E-state index contributed by atoms with van der Waals surface area (Å²) in [6, 6.07) is 24.0. The van der Waals surface area contributed by atoms with E-state index in [0.717, 1.165) is 29.8 Å². The van der Waals surface area contributed by atoms with Crippen LogP contribution in [-0.4, -0.2) is 37.3 Å². The molecule has 2 atom stereocenters. The molecule has 2 unspecified atom stereocenters. The van der Waals surface area contributed by atoms with E-state index in [4.69, 9.17) is 9.47 Å². The van der Waals surface area contributed by atoms with Crippen molar-refractivity contribution in [3.8, 4) is 11.5 Å². The highest BCUT2D eigenvalue weighted by Gasteiger charge is 2.48. The van der Waals surface area contributed by atoms with Gasteiger partial charge in [0.1, 0.15) is 12.2 Å². The van der Waals surface area contributed by atoms with Crippen molar-refractivity contribution in [1.29, 1.82) is 0 Å². The number of para-hydroxylation sites is 2. The Balaban J connectivity index is 1.54. The second kappa shape index (κ2) is 8.46. The number of fused-ring (bicyclic) bond motifs is 3. The Morgan fingerprint density at radius 3 is 2.47 bits per heavy atom. The van der Waals surface area contributed by atoms with Gasteiger partial charge in [-0.2, -0.15) is 0 Å². The molecule has 164 valence electrons. The average Bonchev–Trinajstić information content (AvgIpc) is 3.10. The molecule has 6 nitrogen and oxygen atoms in total. The van der Waals surface area contributed by atoms with Crippen LogP contribution in [0.4, 0.5) is 11.4 Å². The van der Waals surface area contributed by atoms with E-state index < -0.39 is 0 Å². The van der Waals surface area contributed by atoms with E-state index in [9.17, 15) is 4.79 Å². The van der Waals surface area contributed by atoms with Gasteiger partial charge in [-0.3, -0.25) is 10.2 Å². The van der Waals surface area contributed by atoms with Crippen molar-refractivity contribution in [1.82, 2.24) is 5.01 Å². The SMILES string of the molecule is COc1ccc(CC2N(Nc3ccccc3)C(=O)C3CCc4ccccc4N32)cc1OC. The fourth-order valence-electron chi connectivity index (χ4n) is 4.81. The van der Waals surface area contributed by atoms with Crippen molar-refractivity contribution in [3.63, 3.8) is 0 Å². The molecule has 1 N–H and O–H groups in total. The first-order chi connectivity index (χ1) is 15.7. The molecule has 1 saturated heterocycles. The van der Waals surface area contributed by atoms with Crippen molar-refractivity contribution in [2.75, 3.05) is 24.5 Å². The summed E-state index contributed by atoms with van der Waals surface area (Å²) in [7, 11) is 3.27. The number of hydrazine groups is 1. The van der Waals surface area contributed by atoms with E-state index in [0.29, 0.717) is 17.9 Å². The van der Waals surface area contributed by atoms with Gasteiger partial charge in [0.15, 0.2) is 11.5 Å². The number of rotatable bonds is 6. The number of hydrogen-bond acceptors (Lipinski definition) is 5. The number of benzene rings is 3. The van der Waals surface area contributed by atoms with E-state index >= 15 is 0 Å². The Morgan fingerprint density at radius 1 is 0.938 bits per heavy atom. The first-order valence-corrected chi connectivity index (χ1v) is 10.9. The van der Waals surface area contributed by atoms with Crippen LogP contribution in [0.2, 0.25) is 0 Å². The molecule has 2 aliphatic heterocycles. The zero-order valence-corrected chi connectivity index (χ0v) is 18.3. The lowest BCUT2D eigenvalue weighted by Gasteiger charge is -2.37. The van der Waals surface area contributed by atoms with Crippen LogP contribution in [0.3, 0.4) is 0 Å². The Morgan fingerprint density at radius 2 is 1.69 bits per heavy atom. The second-order valence-corrected chi connectivity index (χ2v) is 8.15. The third-order valence-electron chi connectivity index (χ3n) is 6.32. The molecule has 1 amide bonds. The monoisotopic (exact) mass is 429 g/mol. The second-order valence-electron chi connectivity index (χ2n) is 8.15. The van der Waals surface area contributed by atoms with E-state index in [1.807, 2.05) is 54.6 Å². The van der Waals surface area contributed by atoms with Gasteiger partial charge < -0.3 is 14.4 Å². The molecule has 0 saturated carbocycles. The van der Waals surface area contributed by atoms with Gasteiger partial charge in [0.05, 0.1) is 19.9 Å². The molecule has 1 fully saturated rings. The molecule has 0 aromatic heterocycles. The van der Waals surface area contributed by atoms with Crippen LogP contribution in [0.1, 0.15) is 17.5 Å². The predicted molar refractivity (Wildman–Crippen MR) is 125 cm³/mol. The van der Waals surface area contributed by atoms with Gasteiger partial charge in [-0.05, 0) is 54.3 Å². The molecule has 32 heavy (non-hydrogen) atoms. The maximum absolute atomic E-state index is 13.6. The van der Waals surface area contributed by atoms with Gasteiger partial charge in [0.2, 0.25) is 0 Å². The van der Waals surface area contributed by atoms with Crippen LogP contribution in [0.5, 0.6) is 11.5 Å². The van der Waals surface area contributed by atoms with E-state index in [2.05, 4.69) is 28.5 Å². The van der Waals surface area contributed by atoms with Crippen LogP contribution >= 0.6 is 0 Å². The lowest BCUT2D eigenvalue weighted by atomic mass is 9.96. The Kier molecular flexibility index (Phi) is 5.35. The highest BCUT2D eigenvalue weighted by atomic mass is 16.5. The predicted octanol–water partition coefficient (Wildman–Crippen LogP) is 4.26. The van der Waals surface area contributed by atoms with Gasteiger partial charge in [0.25, 0.3) is 5.91 Å². The zero-order chi connectivity index (χ0) is 22.1. The minimum absolute atomic E-state index is 0.105. The molecule has 0 radical (unpaired) electrons. The smallest absolute Gasteiger partial charge is 0.265 e. The van der Waals surface area contributed by atoms with Crippen molar-refractivity contribution < 1.29 is 14.3 Å². The Hall–Kier alpha value is -3.67. The summed E-state index contributed by atoms with van der Waals surface area (Å²) < 4.78 is 10.9. The molecular formula is C26H27N3O3. The molecule has 2 aliphatic rings. The number of hydrogen-bond donors (Lipinski definition) is 1. The molecule has 3 aromatic carbocycles. The lowest BCUT2D eigenvalue weighted by molar-refractivity contribution is -0.128. The number of carbonyl (C=O) groups is 1. The number of ether oxygens (including phenoxy) is 2. The molecule has 3 aromatic rings. The van der Waals surface area contributed by atoms with Crippen LogP contribution in [0.25, 0.3) is 0 Å². The van der Waals surface area contributed by atoms with Crippen molar-refractivity contribution >= 4 is 17.3 Å². The zero-order valence-electron chi connectivity index (χ0n) is 18.3. The minimum Gasteiger partial charge on any atom is -0.493 e. The molecule has 2 heterocycles. The summed E-state index contributed by atoms with van der Waals surface area (Å²) >= 11 is 0. The van der Waals surface area contributed by atoms with Crippen LogP contribution in [0.15, 0.2) is 72.8 Å². The summed E-state index contributed by atoms with van der Waals surface area (Å²) in [5, 5.41) is 1.80. The van der Waals surface area contributed by atoms with Crippen molar-refractivity contribution in [3.05, 3.63) is 83.9 Å². The molecule has 0 spiro atoms. The third kappa shape index (κ3) is 3.51. The number of nitrogens with zero attached hydrogens (tertiary/aromatic N) is 2. The normalized spacial score (nSPS) is 19.4. The van der Waals surface area contributed by atoms with Gasteiger partial charge in [-0.1, -0.05) is 42.5 Å². The molecule has 0 bridgehead atoms. The quantitative estimate of drug-likeness (QED) is 0.635. The van der Waals surface area contributed by atoms with Gasteiger partial charge in [-0.15, -0.1) is 0 Å². The van der Waals surface area contributed by atoms with Crippen LogP contribution in [0, 0.1) is 0 Å². The highest BCUT2D eigenvalue weighted by Crippen LogP contribution is 2.39. The summed E-state index contributed by atoms with van der Waals surface area (Å²) in [4.78, 5) is 15.8. The van der Waals surface area contributed by atoms with Crippen molar-refractivity contribution in [2.24, 2.45) is 0 Å². The van der Waals surface area contributed by atoms with E-state index in [-0.39, 0.29) is 18.1 Å². The summed E-state index contributed by atoms with van der Waals surface area (Å²) in [5.41, 5.74) is 7.78. The number of aryl methyl sites for hydroxylation is 1. The Bertz CT molecular complexity index is 1120. The van der Waals surface area contributed by atoms with Crippen LogP contribution < -0.4 is 19.8 Å². The molecule has 5 rings (SSSR count). The summed E-state index contributed by atoms with van der Waals surface area (Å²) in [6.07, 6.45) is 2.19. The average molecular weight is 430 g/mol. The largest absolute Gasteiger partial charge is 0.493 e. The third-order valence-corrected chi connectivity index (χ3v) is 6.32. The van der Waals surface area contributed by atoms with Gasteiger partial charge >= 0.3 is 0 Å². The first-order valence-electron chi connectivity index (χ1n) is 10.9. The maximum atomic E-state index is 13.6. The fraction of sp³-hybridized carbons (Fsp3) is 0.269. The fourth-order valence-corrected chi connectivity index (χ4v) is 4.81. The number of nitrogens with one attached hydrogen (secondary N) is 1. The van der Waals surface area contributed by atoms with Gasteiger partial charge in [0, 0.05) is 12.1 Å². The standard InChI is InChI=1S/C26H27N3O3/c1-31-23-15-12-18(16-24(23)32-2)17-25-28-21-11-7-6-8-19(21)13-14-22(28)26(30)29(25)27-20-9-4-3-5-10-20/h3-12,15-16,22,25,27H,13-14,17H2,1-2H3. The van der Waals surface area contributed by atoms with Crippen LogP contribution in [-0.2, 0) is 17.6 Å². The summed E-state index contributed by atoms with van der Waals surface area (Å²) in [5.74, 6) is 1.49. The van der Waals surface area contributed by atoms with E-state index in [1.54, 1.807) is 19.2 Å². The number of carbonyl (C=O) groups excluding carboxylic acids is 1. The first kappa shape index (κ1) is 20.2. The maximum Gasteiger partial charge on any atom is 0.265 e. The topological polar surface area (TPSA) is 54.0 Å². The number of anilines is 2. The van der Waals surface area contributed by atoms with E-state index in [1.165, 1.54) is 5.56 Å². The van der Waals surface area contributed by atoms with Crippen molar-refractivity contribution in [2.45, 2.75) is 31.5 Å². The number of amides is 1. The Labute approximate surface area is 188 Å².